The maximum Gasteiger partial charge on any atom is 0.163 e. The van der Waals surface area contributed by atoms with Crippen LogP contribution in [-0.4, -0.2) is 19.9 Å². The molecule has 5 nitrogen and oxygen atoms in total. The highest BCUT2D eigenvalue weighted by Crippen LogP contribution is 2.34. The van der Waals surface area contributed by atoms with E-state index in [-0.39, 0.29) is 0 Å². The van der Waals surface area contributed by atoms with Crippen LogP contribution in [0.1, 0.15) is 5.69 Å². The van der Waals surface area contributed by atoms with E-state index in [2.05, 4.69) is 27.4 Å². The van der Waals surface area contributed by atoms with Crippen LogP contribution in [0.15, 0.2) is 79.3 Å². The van der Waals surface area contributed by atoms with Gasteiger partial charge in [0.15, 0.2) is 5.82 Å². The summed E-state index contributed by atoms with van der Waals surface area (Å²) in [7, 11) is 0. The Labute approximate surface area is 182 Å². The molecule has 0 fully saturated rings. The number of thiophene rings is 1. The highest BCUT2D eigenvalue weighted by molar-refractivity contribution is 7.19. The summed E-state index contributed by atoms with van der Waals surface area (Å²) in [4.78, 5) is 19.3. The Kier molecular flexibility index (Phi) is 5.09. The predicted octanol–water partition coefficient (Wildman–Crippen LogP) is 6.08. The molecular weight excluding hydrogens is 414 g/mol. The van der Waals surface area contributed by atoms with Crippen LogP contribution in [0.4, 0.5) is 5.82 Å². The zero-order chi connectivity index (χ0) is 20.3. The Morgan fingerprint density at radius 3 is 2.63 bits per heavy atom. The van der Waals surface area contributed by atoms with Crippen molar-refractivity contribution in [3.63, 3.8) is 0 Å². The van der Waals surface area contributed by atoms with Crippen molar-refractivity contribution in [2.45, 2.75) is 6.54 Å². The summed E-state index contributed by atoms with van der Waals surface area (Å²) < 4.78 is 0.766. The third-order valence-electron chi connectivity index (χ3n) is 4.64. The molecule has 0 spiro atoms. The van der Waals surface area contributed by atoms with E-state index in [4.69, 9.17) is 21.6 Å². The summed E-state index contributed by atoms with van der Waals surface area (Å²) >= 11 is 7.69. The van der Waals surface area contributed by atoms with Crippen LogP contribution in [0.2, 0.25) is 4.34 Å². The van der Waals surface area contributed by atoms with E-state index in [9.17, 15) is 0 Å². The quantitative estimate of drug-likeness (QED) is 0.366. The normalized spacial score (nSPS) is 11.0. The first-order valence-electron chi connectivity index (χ1n) is 9.38. The number of nitrogens with one attached hydrogen (secondary N) is 1. The Morgan fingerprint density at radius 1 is 0.900 bits per heavy atom. The molecule has 0 aliphatic carbocycles. The van der Waals surface area contributed by atoms with Crippen LogP contribution < -0.4 is 5.32 Å². The Morgan fingerprint density at radius 2 is 1.87 bits per heavy atom. The number of pyridine rings is 2. The van der Waals surface area contributed by atoms with Gasteiger partial charge in [-0.25, -0.2) is 9.97 Å². The summed E-state index contributed by atoms with van der Waals surface area (Å²) in [6.07, 6.45) is 5.30. The molecule has 0 radical (unpaired) electrons. The van der Waals surface area contributed by atoms with Gasteiger partial charge in [-0.2, -0.15) is 0 Å². The minimum absolute atomic E-state index is 0.564. The maximum absolute atomic E-state index is 6.13. The number of hydrogen-bond donors (Lipinski definition) is 1. The molecule has 1 aromatic carbocycles. The Hall–Kier alpha value is -3.35. The van der Waals surface area contributed by atoms with Crippen molar-refractivity contribution >= 4 is 39.7 Å². The number of fused-ring (bicyclic) bond motifs is 1. The first-order chi connectivity index (χ1) is 14.8. The fourth-order valence-electron chi connectivity index (χ4n) is 3.19. The molecule has 7 heteroatoms. The molecular formula is C23H16ClN5S. The lowest BCUT2D eigenvalue weighted by Gasteiger charge is -2.12. The second kappa shape index (κ2) is 8.18. The molecule has 5 rings (SSSR count). The van der Waals surface area contributed by atoms with Gasteiger partial charge >= 0.3 is 0 Å². The standard InChI is InChI=1S/C23H16ClN5S/c24-21-9-8-20(30-21)15-6-7-19-18(12-15)23(27-14-17-5-1-2-11-26-17)29-22(28-19)16-4-3-10-25-13-16/h1-13H,14H2,(H,27,28,29). The molecule has 4 heterocycles. The molecule has 0 aliphatic rings. The van der Waals surface area contributed by atoms with E-state index >= 15 is 0 Å². The fourth-order valence-corrected chi connectivity index (χ4v) is 4.23. The third-order valence-corrected chi connectivity index (χ3v) is 5.92. The van der Waals surface area contributed by atoms with E-state index in [1.54, 1.807) is 29.9 Å². The molecule has 5 aromatic rings. The first-order valence-corrected chi connectivity index (χ1v) is 10.6. The zero-order valence-corrected chi connectivity index (χ0v) is 17.4. The lowest BCUT2D eigenvalue weighted by atomic mass is 10.1. The maximum atomic E-state index is 6.13. The summed E-state index contributed by atoms with van der Waals surface area (Å²) in [6.45, 7) is 0.564. The van der Waals surface area contributed by atoms with E-state index in [0.717, 1.165) is 42.8 Å². The van der Waals surface area contributed by atoms with Gasteiger partial charge in [0.2, 0.25) is 0 Å². The van der Waals surface area contributed by atoms with E-state index in [1.165, 1.54) is 0 Å². The molecule has 146 valence electrons. The number of halogens is 1. The van der Waals surface area contributed by atoms with Crippen molar-refractivity contribution < 1.29 is 0 Å². The largest absolute Gasteiger partial charge is 0.364 e. The topological polar surface area (TPSA) is 63.6 Å². The van der Waals surface area contributed by atoms with Gasteiger partial charge in [-0.1, -0.05) is 23.7 Å². The Balaban J connectivity index is 1.61. The van der Waals surface area contributed by atoms with Crippen molar-refractivity contribution in [2.24, 2.45) is 0 Å². The molecule has 0 atom stereocenters. The predicted molar refractivity (Wildman–Crippen MR) is 123 cm³/mol. The first kappa shape index (κ1) is 18.7. The summed E-state index contributed by atoms with van der Waals surface area (Å²) in [6, 6.07) is 19.8. The van der Waals surface area contributed by atoms with Gasteiger partial charge in [-0.05, 0) is 54.1 Å². The smallest absolute Gasteiger partial charge is 0.163 e. The zero-order valence-electron chi connectivity index (χ0n) is 15.8. The van der Waals surface area contributed by atoms with Crippen molar-refractivity contribution in [3.8, 4) is 21.8 Å². The van der Waals surface area contributed by atoms with Gasteiger partial charge in [-0.15, -0.1) is 11.3 Å². The van der Waals surface area contributed by atoms with Gasteiger partial charge < -0.3 is 5.32 Å². The second-order valence-corrected chi connectivity index (χ2v) is 8.36. The molecule has 0 unspecified atom stereocenters. The molecule has 0 saturated carbocycles. The van der Waals surface area contributed by atoms with Gasteiger partial charge in [0.25, 0.3) is 0 Å². The van der Waals surface area contributed by atoms with Crippen LogP contribution in [-0.2, 0) is 6.54 Å². The minimum Gasteiger partial charge on any atom is -0.364 e. The van der Waals surface area contributed by atoms with Crippen molar-refractivity contribution in [2.75, 3.05) is 5.32 Å². The van der Waals surface area contributed by atoms with Crippen LogP contribution in [0.5, 0.6) is 0 Å². The summed E-state index contributed by atoms with van der Waals surface area (Å²) in [5.74, 6) is 1.39. The van der Waals surface area contributed by atoms with Crippen molar-refractivity contribution in [3.05, 3.63) is 89.3 Å². The number of hydrogen-bond acceptors (Lipinski definition) is 6. The fraction of sp³-hybridized carbons (Fsp3) is 0.0435. The van der Waals surface area contributed by atoms with Gasteiger partial charge in [-0.3, -0.25) is 9.97 Å². The summed E-state index contributed by atoms with van der Waals surface area (Å²) in [5, 5.41) is 4.39. The van der Waals surface area contributed by atoms with E-state index < -0.39 is 0 Å². The summed E-state index contributed by atoms with van der Waals surface area (Å²) in [5.41, 5.74) is 3.75. The molecule has 0 aliphatic heterocycles. The molecule has 0 bridgehead atoms. The van der Waals surface area contributed by atoms with Crippen LogP contribution in [0, 0.1) is 0 Å². The van der Waals surface area contributed by atoms with Gasteiger partial charge in [0.1, 0.15) is 5.82 Å². The lowest BCUT2D eigenvalue weighted by Crippen LogP contribution is -2.05. The highest BCUT2D eigenvalue weighted by Gasteiger charge is 2.12. The van der Waals surface area contributed by atoms with Crippen LogP contribution in [0.3, 0.4) is 0 Å². The van der Waals surface area contributed by atoms with Crippen LogP contribution >= 0.6 is 22.9 Å². The van der Waals surface area contributed by atoms with Gasteiger partial charge in [0, 0.05) is 34.4 Å². The third kappa shape index (κ3) is 3.87. The van der Waals surface area contributed by atoms with Crippen molar-refractivity contribution in [1.29, 1.82) is 0 Å². The SMILES string of the molecule is Clc1ccc(-c2ccc3nc(-c4cccnc4)nc(NCc4ccccn4)c3c2)s1. The molecule has 0 amide bonds. The number of nitrogens with zero attached hydrogens (tertiary/aromatic N) is 4. The van der Waals surface area contributed by atoms with Gasteiger partial charge in [0.05, 0.1) is 22.1 Å². The number of rotatable bonds is 5. The molecule has 4 aromatic heterocycles. The average molecular weight is 430 g/mol. The number of benzene rings is 1. The molecule has 0 saturated heterocycles. The van der Waals surface area contributed by atoms with E-state index in [1.807, 2.05) is 48.5 Å². The van der Waals surface area contributed by atoms with Crippen LogP contribution in [0.25, 0.3) is 32.7 Å². The molecule has 30 heavy (non-hydrogen) atoms. The number of aromatic nitrogens is 4. The second-order valence-electron chi connectivity index (χ2n) is 6.65. The Bertz CT molecular complexity index is 1310. The minimum atomic E-state index is 0.564. The van der Waals surface area contributed by atoms with E-state index in [0.29, 0.717) is 12.4 Å². The van der Waals surface area contributed by atoms with Crippen molar-refractivity contribution in [1.82, 2.24) is 19.9 Å². The number of anilines is 1. The lowest BCUT2D eigenvalue weighted by molar-refractivity contribution is 1.03. The highest BCUT2D eigenvalue weighted by atomic mass is 35.5. The average Bonchev–Trinajstić information content (AvgIpc) is 3.24. The molecule has 1 N–H and O–H groups in total. The monoisotopic (exact) mass is 429 g/mol.